The molecular weight excluding hydrogens is 314 g/mol. The minimum Gasteiger partial charge on any atom is -0.508 e. The van der Waals surface area contributed by atoms with Gasteiger partial charge in [-0.25, -0.2) is 9.78 Å². The largest absolute Gasteiger partial charge is 0.508 e. The molecule has 0 bridgehead atoms. The van der Waals surface area contributed by atoms with E-state index in [1.807, 2.05) is 36.4 Å². The van der Waals surface area contributed by atoms with E-state index in [2.05, 4.69) is 0 Å². The van der Waals surface area contributed by atoms with Gasteiger partial charge in [0.25, 0.3) is 0 Å². The molecule has 1 aliphatic carbocycles. The molecule has 0 fully saturated rings. The van der Waals surface area contributed by atoms with E-state index in [1.165, 1.54) is 0 Å². The minimum atomic E-state index is -0.909. The standard InChI is InChI=1S/C21H17NO3/c23-15-7-3-5-13(12-15)11-14-6-4-9-17-19(21(24)25)16-8-1-2-10-18(16)22-20(14)17/h1-3,5,7-8,10-12,23H,4,6,9H2,(H,24,25)/b14-11-. The summed E-state index contributed by atoms with van der Waals surface area (Å²) in [6.07, 6.45) is 4.43. The van der Waals surface area contributed by atoms with Crippen molar-refractivity contribution < 1.29 is 15.0 Å². The van der Waals surface area contributed by atoms with Gasteiger partial charge in [0.15, 0.2) is 0 Å². The Morgan fingerprint density at radius 1 is 1.08 bits per heavy atom. The van der Waals surface area contributed by atoms with E-state index in [0.717, 1.165) is 35.2 Å². The van der Waals surface area contributed by atoms with E-state index < -0.39 is 5.97 Å². The number of nitrogens with zero attached hydrogens (tertiary/aromatic N) is 1. The van der Waals surface area contributed by atoms with Gasteiger partial charge in [-0.3, -0.25) is 0 Å². The van der Waals surface area contributed by atoms with Crippen LogP contribution in [-0.2, 0) is 6.42 Å². The van der Waals surface area contributed by atoms with Crippen LogP contribution >= 0.6 is 0 Å². The molecule has 1 aliphatic rings. The van der Waals surface area contributed by atoms with Crippen LogP contribution in [0, 0.1) is 0 Å². The van der Waals surface area contributed by atoms with Crippen LogP contribution in [0.25, 0.3) is 22.6 Å². The number of allylic oxidation sites excluding steroid dienone is 1. The van der Waals surface area contributed by atoms with Gasteiger partial charge in [0.2, 0.25) is 0 Å². The number of benzene rings is 2. The smallest absolute Gasteiger partial charge is 0.336 e. The number of carbonyl (C=O) groups is 1. The Morgan fingerprint density at radius 3 is 2.72 bits per heavy atom. The molecule has 0 saturated carbocycles. The number of para-hydroxylation sites is 1. The van der Waals surface area contributed by atoms with E-state index in [-0.39, 0.29) is 5.75 Å². The molecule has 0 amide bonds. The van der Waals surface area contributed by atoms with Crippen molar-refractivity contribution >= 4 is 28.5 Å². The average molecular weight is 331 g/mol. The number of phenols is 1. The van der Waals surface area contributed by atoms with Gasteiger partial charge in [-0.15, -0.1) is 0 Å². The Balaban J connectivity index is 1.97. The number of aromatic hydroxyl groups is 1. The Kier molecular flexibility index (Phi) is 3.73. The van der Waals surface area contributed by atoms with Crippen molar-refractivity contribution in [3.63, 3.8) is 0 Å². The van der Waals surface area contributed by atoms with Gasteiger partial charge in [-0.1, -0.05) is 30.3 Å². The van der Waals surface area contributed by atoms with Gasteiger partial charge in [-0.05, 0) is 60.2 Å². The number of aromatic carboxylic acids is 1. The van der Waals surface area contributed by atoms with Gasteiger partial charge in [0.05, 0.1) is 16.8 Å². The molecule has 0 spiro atoms. The predicted molar refractivity (Wildman–Crippen MR) is 97.6 cm³/mol. The molecule has 0 aliphatic heterocycles. The first-order valence-corrected chi connectivity index (χ1v) is 8.28. The van der Waals surface area contributed by atoms with Crippen molar-refractivity contribution in [3.8, 4) is 5.75 Å². The van der Waals surface area contributed by atoms with Gasteiger partial charge in [-0.2, -0.15) is 0 Å². The highest BCUT2D eigenvalue weighted by atomic mass is 16.4. The Hall–Kier alpha value is -3.14. The Labute approximate surface area is 145 Å². The lowest BCUT2D eigenvalue weighted by molar-refractivity contribution is 0.0697. The summed E-state index contributed by atoms with van der Waals surface area (Å²) < 4.78 is 0. The summed E-state index contributed by atoms with van der Waals surface area (Å²) in [5, 5.41) is 20.1. The van der Waals surface area contributed by atoms with Crippen LogP contribution < -0.4 is 0 Å². The number of carboxylic acid groups (broad SMARTS) is 1. The fraction of sp³-hybridized carbons (Fsp3) is 0.143. The lowest BCUT2D eigenvalue weighted by Gasteiger charge is -2.21. The van der Waals surface area contributed by atoms with E-state index >= 15 is 0 Å². The average Bonchev–Trinajstić information content (AvgIpc) is 2.60. The molecule has 0 unspecified atom stereocenters. The first-order valence-electron chi connectivity index (χ1n) is 8.28. The van der Waals surface area contributed by atoms with Crippen LogP contribution in [0.3, 0.4) is 0 Å². The molecular formula is C21H17NO3. The number of hydrogen-bond donors (Lipinski definition) is 2. The quantitative estimate of drug-likeness (QED) is 0.724. The van der Waals surface area contributed by atoms with Crippen molar-refractivity contribution in [2.24, 2.45) is 0 Å². The lowest BCUT2D eigenvalue weighted by atomic mass is 9.86. The maximum absolute atomic E-state index is 11.9. The van der Waals surface area contributed by atoms with Crippen LogP contribution in [-0.4, -0.2) is 21.2 Å². The van der Waals surface area contributed by atoms with Crippen molar-refractivity contribution in [1.82, 2.24) is 4.98 Å². The summed E-state index contributed by atoms with van der Waals surface area (Å²) in [7, 11) is 0. The molecule has 1 aromatic heterocycles. The van der Waals surface area contributed by atoms with Crippen molar-refractivity contribution in [3.05, 3.63) is 70.9 Å². The third-order valence-electron chi connectivity index (χ3n) is 4.60. The molecule has 1 heterocycles. The Bertz CT molecular complexity index is 1020. The van der Waals surface area contributed by atoms with Crippen LogP contribution in [0.4, 0.5) is 0 Å². The molecule has 0 radical (unpaired) electrons. The lowest BCUT2D eigenvalue weighted by Crippen LogP contribution is -2.13. The molecule has 4 heteroatoms. The Morgan fingerprint density at radius 2 is 1.92 bits per heavy atom. The highest BCUT2D eigenvalue weighted by Crippen LogP contribution is 2.36. The minimum absolute atomic E-state index is 0.211. The van der Waals surface area contributed by atoms with Gasteiger partial charge < -0.3 is 10.2 Å². The fourth-order valence-corrected chi connectivity index (χ4v) is 3.54. The molecule has 3 aromatic rings. The summed E-state index contributed by atoms with van der Waals surface area (Å²) in [5.74, 6) is -0.698. The van der Waals surface area contributed by atoms with Crippen LogP contribution in [0.1, 0.15) is 40.0 Å². The summed E-state index contributed by atoms with van der Waals surface area (Å²) in [5.41, 5.74) is 4.54. The van der Waals surface area contributed by atoms with Crippen LogP contribution in [0.15, 0.2) is 48.5 Å². The molecule has 4 rings (SSSR count). The molecule has 2 aromatic carbocycles. The van der Waals surface area contributed by atoms with Gasteiger partial charge in [0.1, 0.15) is 5.75 Å². The first kappa shape index (κ1) is 15.4. The number of pyridine rings is 1. The number of aromatic nitrogens is 1. The second kappa shape index (κ2) is 6.06. The third-order valence-corrected chi connectivity index (χ3v) is 4.60. The van der Waals surface area contributed by atoms with Crippen molar-refractivity contribution in [2.45, 2.75) is 19.3 Å². The SMILES string of the molecule is O=C(O)c1c2c(nc3ccccc13)/C(=C\c1cccc(O)c1)CCC2. The molecule has 4 nitrogen and oxygen atoms in total. The molecule has 2 N–H and O–H groups in total. The maximum atomic E-state index is 11.9. The zero-order valence-electron chi connectivity index (χ0n) is 13.6. The number of hydrogen-bond acceptors (Lipinski definition) is 3. The topological polar surface area (TPSA) is 70.4 Å². The molecule has 0 atom stereocenters. The van der Waals surface area contributed by atoms with E-state index in [1.54, 1.807) is 18.2 Å². The highest BCUT2D eigenvalue weighted by molar-refractivity contribution is 6.05. The molecule has 0 saturated heterocycles. The fourth-order valence-electron chi connectivity index (χ4n) is 3.54. The number of fused-ring (bicyclic) bond motifs is 2. The predicted octanol–water partition coefficient (Wildman–Crippen LogP) is 4.52. The van der Waals surface area contributed by atoms with Crippen molar-refractivity contribution in [1.29, 1.82) is 0 Å². The van der Waals surface area contributed by atoms with Gasteiger partial charge >= 0.3 is 5.97 Å². The zero-order valence-corrected chi connectivity index (χ0v) is 13.6. The van der Waals surface area contributed by atoms with Crippen molar-refractivity contribution in [2.75, 3.05) is 0 Å². The van der Waals surface area contributed by atoms with Crippen LogP contribution in [0.2, 0.25) is 0 Å². The van der Waals surface area contributed by atoms with Gasteiger partial charge in [0, 0.05) is 5.39 Å². The number of phenolic OH excluding ortho intramolecular Hbond substituents is 1. The number of carboxylic acids is 1. The highest BCUT2D eigenvalue weighted by Gasteiger charge is 2.24. The number of rotatable bonds is 2. The maximum Gasteiger partial charge on any atom is 0.336 e. The summed E-state index contributed by atoms with van der Waals surface area (Å²) in [6.45, 7) is 0. The van der Waals surface area contributed by atoms with E-state index in [4.69, 9.17) is 4.98 Å². The van der Waals surface area contributed by atoms with E-state index in [9.17, 15) is 15.0 Å². The second-order valence-electron chi connectivity index (χ2n) is 6.25. The monoisotopic (exact) mass is 331 g/mol. The summed E-state index contributed by atoms with van der Waals surface area (Å²) in [4.78, 5) is 16.7. The third kappa shape index (κ3) is 2.76. The molecule has 124 valence electrons. The summed E-state index contributed by atoms with van der Waals surface area (Å²) >= 11 is 0. The first-order chi connectivity index (χ1) is 12.1. The molecule has 25 heavy (non-hydrogen) atoms. The zero-order chi connectivity index (χ0) is 17.4. The second-order valence-corrected chi connectivity index (χ2v) is 6.25. The normalized spacial score (nSPS) is 15.3. The summed E-state index contributed by atoms with van der Waals surface area (Å²) in [6, 6.07) is 14.4. The van der Waals surface area contributed by atoms with Crippen LogP contribution in [0.5, 0.6) is 5.75 Å². The van der Waals surface area contributed by atoms with E-state index in [0.29, 0.717) is 22.9 Å².